The van der Waals surface area contributed by atoms with Crippen LogP contribution in [0.4, 0.5) is 0 Å². The van der Waals surface area contributed by atoms with E-state index >= 15 is 0 Å². The van der Waals surface area contributed by atoms with Crippen LogP contribution in [-0.2, 0) is 11.8 Å². The molecule has 0 unspecified atom stereocenters. The second kappa shape index (κ2) is 5.47. The van der Waals surface area contributed by atoms with Gasteiger partial charge in [-0.15, -0.1) is 0 Å². The Balaban J connectivity index is 2.16. The van der Waals surface area contributed by atoms with Gasteiger partial charge in [0, 0.05) is 30.7 Å². The van der Waals surface area contributed by atoms with E-state index in [2.05, 4.69) is 54.8 Å². The molecule has 100 valence electrons. The third-order valence-corrected chi connectivity index (χ3v) is 3.35. The van der Waals surface area contributed by atoms with Crippen molar-refractivity contribution in [3.8, 4) is 0 Å². The van der Waals surface area contributed by atoms with Gasteiger partial charge >= 0.3 is 0 Å². The lowest BCUT2D eigenvalue weighted by atomic mass is 9.80. The molecule has 2 aromatic rings. The number of rotatable bonds is 4. The minimum absolute atomic E-state index is 0.0612. The first-order valence-corrected chi connectivity index (χ1v) is 6.70. The zero-order valence-electron chi connectivity index (χ0n) is 12.1. The second-order valence-electron chi connectivity index (χ2n) is 5.90. The molecule has 19 heavy (non-hydrogen) atoms. The fraction of sp³-hybridized carbons (Fsp3) is 0.438. The highest BCUT2D eigenvalue weighted by molar-refractivity contribution is 5.24. The molecule has 0 aliphatic heterocycles. The second-order valence-corrected chi connectivity index (χ2v) is 5.90. The van der Waals surface area contributed by atoms with Crippen molar-refractivity contribution < 1.29 is 0 Å². The van der Waals surface area contributed by atoms with E-state index in [1.54, 1.807) is 0 Å². The van der Waals surface area contributed by atoms with Gasteiger partial charge in [-0.25, -0.2) is 9.97 Å². The van der Waals surface area contributed by atoms with Crippen molar-refractivity contribution in [3.05, 3.63) is 53.9 Å². The predicted molar refractivity (Wildman–Crippen MR) is 77.1 cm³/mol. The van der Waals surface area contributed by atoms with E-state index in [0.29, 0.717) is 5.92 Å². The highest BCUT2D eigenvalue weighted by Gasteiger charge is 2.21. The van der Waals surface area contributed by atoms with Crippen LogP contribution in [0.2, 0.25) is 0 Å². The first-order chi connectivity index (χ1) is 8.99. The molecule has 0 atom stereocenters. The van der Waals surface area contributed by atoms with Crippen LogP contribution in [0, 0.1) is 0 Å². The molecule has 0 saturated heterocycles. The van der Waals surface area contributed by atoms with E-state index < -0.39 is 0 Å². The predicted octanol–water partition coefficient (Wildman–Crippen LogP) is 3.52. The van der Waals surface area contributed by atoms with Crippen LogP contribution in [0.25, 0.3) is 0 Å². The van der Waals surface area contributed by atoms with E-state index in [9.17, 15) is 0 Å². The van der Waals surface area contributed by atoms with Gasteiger partial charge in [0.2, 0.25) is 0 Å². The van der Waals surface area contributed by atoms with Crippen LogP contribution in [-0.4, -0.2) is 15.0 Å². The number of nitrogens with zero attached hydrogens (tertiary/aromatic N) is 3. The third-order valence-electron chi connectivity index (χ3n) is 3.35. The van der Waals surface area contributed by atoms with Gasteiger partial charge in [-0.2, -0.15) is 0 Å². The Morgan fingerprint density at radius 2 is 1.63 bits per heavy atom. The Morgan fingerprint density at radius 1 is 1.05 bits per heavy atom. The van der Waals surface area contributed by atoms with Gasteiger partial charge in [0.25, 0.3) is 0 Å². The molecular formula is C16H21N3. The lowest BCUT2D eigenvalue weighted by Gasteiger charge is -2.25. The van der Waals surface area contributed by atoms with Crippen LogP contribution in [0.1, 0.15) is 50.6 Å². The van der Waals surface area contributed by atoms with Crippen molar-refractivity contribution in [2.75, 3.05) is 0 Å². The van der Waals surface area contributed by atoms with Gasteiger partial charge in [0.05, 0.1) is 0 Å². The average molecular weight is 255 g/mol. The van der Waals surface area contributed by atoms with Gasteiger partial charge in [0.15, 0.2) is 0 Å². The number of aromatic nitrogens is 3. The molecule has 0 saturated carbocycles. The van der Waals surface area contributed by atoms with Crippen molar-refractivity contribution >= 4 is 0 Å². The summed E-state index contributed by atoms with van der Waals surface area (Å²) in [5.41, 5.74) is 2.52. The van der Waals surface area contributed by atoms with Crippen LogP contribution in [0.5, 0.6) is 0 Å². The molecule has 0 aromatic carbocycles. The average Bonchev–Trinajstić information content (AvgIpc) is 2.40. The molecule has 0 aliphatic rings. The molecular weight excluding hydrogens is 234 g/mol. The van der Waals surface area contributed by atoms with E-state index in [0.717, 1.165) is 12.2 Å². The maximum Gasteiger partial charge on any atom is 0.130 e. The minimum atomic E-state index is 0.0612. The van der Waals surface area contributed by atoms with Crippen molar-refractivity contribution in [2.45, 2.75) is 45.4 Å². The van der Waals surface area contributed by atoms with Crippen molar-refractivity contribution in [1.29, 1.82) is 0 Å². The molecule has 0 N–H and O–H groups in total. The van der Waals surface area contributed by atoms with Crippen LogP contribution >= 0.6 is 0 Å². The van der Waals surface area contributed by atoms with E-state index in [1.165, 1.54) is 11.1 Å². The molecule has 3 heteroatoms. The van der Waals surface area contributed by atoms with Crippen LogP contribution in [0.15, 0.2) is 36.9 Å². The van der Waals surface area contributed by atoms with Gasteiger partial charge in [0.1, 0.15) is 5.82 Å². The first kappa shape index (κ1) is 13.7. The van der Waals surface area contributed by atoms with Gasteiger partial charge in [-0.05, 0) is 35.1 Å². The summed E-state index contributed by atoms with van der Waals surface area (Å²) in [5.74, 6) is 1.28. The molecule has 2 rings (SSSR count). The van der Waals surface area contributed by atoms with Crippen molar-refractivity contribution in [1.82, 2.24) is 15.0 Å². The lowest BCUT2D eigenvalue weighted by Crippen LogP contribution is -2.20. The van der Waals surface area contributed by atoms with Gasteiger partial charge < -0.3 is 0 Å². The Labute approximate surface area is 115 Å². The highest BCUT2D eigenvalue weighted by atomic mass is 14.9. The third kappa shape index (κ3) is 3.37. The molecule has 3 nitrogen and oxygen atoms in total. The maximum absolute atomic E-state index is 4.43. The molecule has 0 radical (unpaired) electrons. The normalized spacial score (nSPS) is 11.8. The number of hydrogen-bond donors (Lipinski definition) is 0. The zero-order chi connectivity index (χ0) is 13.9. The maximum atomic E-state index is 4.43. The molecule has 0 spiro atoms. The molecule has 2 heterocycles. The van der Waals surface area contributed by atoms with Crippen molar-refractivity contribution in [2.24, 2.45) is 0 Å². The summed E-state index contributed by atoms with van der Waals surface area (Å²) < 4.78 is 0. The fourth-order valence-corrected chi connectivity index (χ4v) is 2.17. The highest BCUT2D eigenvalue weighted by Crippen LogP contribution is 2.26. The number of hydrogen-bond acceptors (Lipinski definition) is 3. The molecule has 2 aromatic heterocycles. The fourth-order valence-electron chi connectivity index (χ4n) is 2.17. The Kier molecular flexibility index (Phi) is 3.93. The van der Waals surface area contributed by atoms with E-state index in [-0.39, 0.29) is 5.41 Å². The Bertz CT molecular complexity index is 515. The standard InChI is InChI=1S/C16H21N3/c1-12(2)15-18-10-13(11-19-15)9-16(3,4)14-5-7-17-8-6-14/h5-8,10-12H,9H2,1-4H3. The molecule has 0 amide bonds. The van der Waals surface area contributed by atoms with Crippen LogP contribution in [0.3, 0.4) is 0 Å². The SMILES string of the molecule is CC(C)c1ncc(CC(C)(C)c2ccncc2)cn1. The summed E-state index contributed by atoms with van der Waals surface area (Å²) in [6.45, 7) is 8.68. The van der Waals surface area contributed by atoms with Gasteiger partial charge in [-0.3, -0.25) is 4.98 Å². The summed E-state index contributed by atoms with van der Waals surface area (Å²) in [6.07, 6.45) is 8.51. The van der Waals surface area contributed by atoms with Crippen molar-refractivity contribution in [3.63, 3.8) is 0 Å². The summed E-state index contributed by atoms with van der Waals surface area (Å²) in [5, 5.41) is 0. The topological polar surface area (TPSA) is 38.7 Å². The summed E-state index contributed by atoms with van der Waals surface area (Å²) in [6, 6.07) is 4.15. The Morgan fingerprint density at radius 3 is 2.16 bits per heavy atom. The minimum Gasteiger partial charge on any atom is -0.265 e. The van der Waals surface area contributed by atoms with Gasteiger partial charge in [-0.1, -0.05) is 27.7 Å². The van der Waals surface area contributed by atoms with E-state index in [1.807, 2.05) is 24.8 Å². The summed E-state index contributed by atoms with van der Waals surface area (Å²) >= 11 is 0. The van der Waals surface area contributed by atoms with Crippen LogP contribution < -0.4 is 0 Å². The smallest absolute Gasteiger partial charge is 0.130 e. The number of pyridine rings is 1. The lowest BCUT2D eigenvalue weighted by molar-refractivity contribution is 0.519. The Hall–Kier alpha value is -1.77. The van der Waals surface area contributed by atoms with E-state index in [4.69, 9.17) is 0 Å². The zero-order valence-corrected chi connectivity index (χ0v) is 12.1. The monoisotopic (exact) mass is 255 g/mol. The summed E-state index contributed by atoms with van der Waals surface area (Å²) in [7, 11) is 0. The molecule has 0 fully saturated rings. The molecule has 0 bridgehead atoms. The molecule has 0 aliphatic carbocycles. The first-order valence-electron chi connectivity index (χ1n) is 6.70. The summed E-state index contributed by atoms with van der Waals surface area (Å²) in [4.78, 5) is 12.9. The quantitative estimate of drug-likeness (QED) is 0.839. The largest absolute Gasteiger partial charge is 0.265 e.